The van der Waals surface area contributed by atoms with Gasteiger partial charge in [0.2, 0.25) is 0 Å². The van der Waals surface area contributed by atoms with Crippen molar-refractivity contribution in [3.8, 4) is 0 Å². The highest BCUT2D eigenvalue weighted by Gasteiger charge is 2.18. The maximum atomic E-state index is 2.30. The van der Waals surface area contributed by atoms with Crippen molar-refractivity contribution in [1.82, 2.24) is 0 Å². The second kappa shape index (κ2) is 6.80. The minimum atomic E-state index is 1.23. The Morgan fingerprint density at radius 3 is 1.43 bits per heavy atom. The van der Waals surface area contributed by atoms with E-state index in [1.54, 1.807) is 16.5 Å². The van der Waals surface area contributed by atoms with Crippen molar-refractivity contribution < 1.29 is 0 Å². The molecule has 28 heavy (non-hydrogen) atoms. The largest absolute Gasteiger partial charge is 0.0683 e. The standard InChI is InChI=1S/C14H10.C12H8.C2H6/c1-2-10-7-8-12-4-3-11-6-5-9(1)13(10)14(11)12;1-3-9-4-2-6-11-8-7-10(5-1)12(9)11;1-2/h1-2,5-8H,3-4H2;1-8H;1-2H3. The van der Waals surface area contributed by atoms with Gasteiger partial charge in [-0.1, -0.05) is 98.8 Å². The lowest BCUT2D eigenvalue weighted by molar-refractivity contribution is 1.02. The van der Waals surface area contributed by atoms with Gasteiger partial charge in [0.05, 0.1) is 0 Å². The van der Waals surface area contributed by atoms with Crippen LogP contribution in [0.3, 0.4) is 0 Å². The molecule has 0 amide bonds. The van der Waals surface area contributed by atoms with Crippen LogP contribution in [0.5, 0.6) is 0 Å². The first kappa shape index (κ1) is 17.0. The van der Waals surface area contributed by atoms with E-state index in [-0.39, 0.29) is 0 Å². The highest BCUT2D eigenvalue weighted by Crippen LogP contribution is 2.39. The molecule has 4 aromatic rings. The van der Waals surface area contributed by atoms with Gasteiger partial charge < -0.3 is 0 Å². The fourth-order valence-electron chi connectivity index (χ4n) is 4.70. The van der Waals surface area contributed by atoms with Crippen LogP contribution in [0.1, 0.15) is 47.2 Å². The summed E-state index contributed by atoms with van der Waals surface area (Å²) in [5.41, 5.74) is 8.60. The number of aryl methyl sites for hydroxylation is 2. The molecule has 0 heteroatoms. The van der Waals surface area contributed by atoms with Crippen LogP contribution in [-0.2, 0) is 12.8 Å². The van der Waals surface area contributed by atoms with Gasteiger partial charge in [0.25, 0.3) is 0 Å². The van der Waals surface area contributed by atoms with E-state index in [1.165, 1.54) is 51.3 Å². The third-order valence-electron chi connectivity index (χ3n) is 5.92. The normalized spacial score (nSPS) is 13.5. The average molecular weight is 361 g/mol. The first-order chi connectivity index (χ1) is 13.9. The molecule has 0 spiro atoms. The van der Waals surface area contributed by atoms with E-state index in [4.69, 9.17) is 0 Å². The van der Waals surface area contributed by atoms with E-state index in [0.29, 0.717) is 0 Å². The van der Waals surface area contributed by atoms with Gasteiger partial charge in [-0.25, -0.2) is 0 Å². The summed E-state index contributed by atoms with van der Waals surface area (Å²) in [7, 11) is 0. The highest BCUT2D eigenvalue weighted by molar-refractivity contribution is 6.08. The van der Waals surface area contributed by atoms with E-state index in [2.05, 4.69) is 85.0 Å². The lowest BCUT2D eigenvalue weighted by atomic mass is 10.00. The maximum absolute atomic E-state index is 2.30. The molecule has 0 radical (unpaired) electrons. The summed E-state index contributed by atoms with van der Waals surface area (Å²) in [4.78, 5) is 0. The van der Waals surface area contributed by atoms with Crippen molar-refractivity contribution in [3.63, 3.8) is 0 Å². The van der Waals surface area contributed by atoms with Gasteiger partial charge in [-0.15, -0.1) is 0 Å². The van der Waals surface area contributed by atoms with Crippen LogP contribution in [0.25, 0.3) is 45.8 Å². The topological polar surface area (TPSA) is 0 Å². The Morgan fingerprint density at radius 1 is 0.464 bits per heavy atom. The van der Waals surface area contributed by atoms with E-state index < -0.39 is 0 Å². The first-order valence-electron chi connectivity index (χ1n) is 10.3. The fraction of sp³-hybridized carbons (Fsp3) is 0.143. The summed E-state index contributed by atoms with van der Waals surface area (Å²) in [5.74, 6) is 0. The number of hydrogen-bond donors (Lipinski definition) is 0. The molecule has 0 bridgehead atoms. The molecule has 0 heterocycles. The molecule has 0 saturated heterocycles. The molecule has 4 aromatic carbocycles. The third-order valence-corrected chi connectivity index (χ3v) is 5.92. The minimum absolute atomic E-state index is 1.23. The molecule has 0 unspecified atom stereocenters. The van der Waals surface area contributed by atoms with E-state index in [0.717, 1.165) is 0 Å². The zero-order chi connectivity index (χ0) is 19.1. The molecule has 0 fully saturated rings. The molecule has 0 saturated carbocycles. The summed E-state index contributed by atoms with van der Waals surface area (Å²) in [6.07, 6.45) is 11.3. The zero-order valence-electron chi connectivity index (χ0n) is 16.5. The van der Waals surface area contributed by atoms with Gasteiger partial charge in [-0.2, -0.15) is 0 Å². The number of benzene rings is 4. The van der Waals surface area contributed by atoms with E-state index in [1.807, 2.05) is 13.8 Å². The number of hydrogen-bond acceptors (Lipinski definition) is 0. The van der Waals surface area contributed by atoms with Gasteiger partial charge in [-0.05, 0) is 67.8 Å². The molecule has 0 aromatic heterocycles. The predicted molar refractivity (Wildman–Crippen MR) is 125 cm³/mol. The molecule has 0 nitrogen and oxygen atoms in total. The van der Waals surface area contributed by atoms with Gasteiger partial charge in [-0.3, -0.25) is 0 Å². The lowest BCUT2D eigenvalue weighted by Gasteiger charge is -2.04. The Kier molecular flexibility index (Phi) is 4.13. The summed E-state index contributed by atoms with van der Waals surface area (Å²) in [5, 5.41) is 5.79. The molecule has 7 rings (SSSR count). The SMILES string of the molecule is C1=Cc2ccc3c4c(ccc1c24)CC3.C1=Cc2cccc3cccc1c23.CC. The maximum Gasteiger partial charge on any atom is -0.00333 e. The van der Waals surface area contributed by atoms with Crippen LogP contribution >= 0.6 is 0 Å². The molecular formula is C28H24. The Labute approximate surface area is 166 Å². The van der Waals surface area contributed by atoms with Gasteiger partial charge in [0, 0.05) is 0 Å². The smallest absolute Gasteiger partial charge is 0.00333 e. The quantitative estimate of drug-likeness (QED) is 0.259. The zero-order valence-corrected chi connectivity index (χ0v) is 16.5. The van der Waals surface area contributed by atoms with Crippen molar-refractivity contribution in [2.24, 2.45) is 0 Å². The summed E-state index contributed by atoms with van der Waals surface area (Å²) < 4.78 is 0. The number of rotatable bonds is 0. The third kappa shape index (κ3) is 2.52. The Morgan fingerprint density at radius 2 is 0.929 bits per heavy atom. The highest BCUT2D eigenvalue weighted by atomic mass is 14.2. The Balaban J connectivity index is 0.000000113. The molecule has 0 aliphatic heterocycles. The summed E-state index contributed by atoms with van der Waals surface area (Å²) in [6, 6.07) is 22.0. The van der Waals surface area contributed by atoms with Crippen LogP contribution < -0.4 is 0 Å². The van der Waals surface area contributed by atoms with E-state index in [9.17, 15) is 0 Å². The predicted octanol–water partition coefficient (Wildman–Crippen LogP) is 7.77. The van der Waals surface area contributed by atoms with Crippen LogP contribution in [0.15, 0.2) is 60.7 Å². The Bertz CT molecular complexity index is 1180. The van der Waals surface area contributed by atoms with Crippen molar-refractivity contribution >= 4 is 45.8 Å². The van der Waals surface area contributed by atoms with Crippen LogP contribution in [0.4, 0.5) is 0 Å². The summed E-state index contributed by atoms with van der Waals surface area (Å²) >= 11 is 0. The second-order valence-corrected chi connectivity index (χ2v) is 7.34. The second-order valence-electron chi connectivity index (χ2n) is 7.34. The minimum Gasteiger partial charge on any atom is -0.0683 e. The molecular weight excluding hydrogens is 336 g/mol. The first-order valence-corrected chi connectivity index (χ1v) is 10.3. The van der Waals surface area contributed by atoms with Crippen LogP contribution in [0.2, 0.25) is 0 Å². The van der Waals surface area contributed by atoms with Gasteiger partial charge in [0.1, 0.15) is 0 Å². The van der Waals surface area contributed by atoms with Gasteiger partial charge >= 0.3 is 0 Å². The molecule has 0 atom stereocenters. The van der Waals surface area contributed by atoms with Crippen LogP contribution in [-0.4, -0.2) is 0 Å². The summed E-state index contributed by atoms with van der Waals surface area (Å²) in [6.45, 7) is 4.00. The van der Waals surface area contributed by atoms with Crippen LogP contribution in [0, 0.1) is 0 Å². The lowest BCUT2D eigenvalue weighted by Crippen LogP contribution is -1.82. The molecule has 136 valence electrons. The molecule has 3 aliphatic carbocycles. The van der Waals surface area contributed by atoms with Crippen molar-refractivity contribution in [2.45, 2.75) is 26.7 Å². The van der Waals surface area contributed by atoms with E-state index >= 15 is 0 Å². The van der Waals surface area contributed by atoms with Crippen molar-refractivity contribution in [2.75, 3.05) is 0 Å². The fourth-order valence-corrected chi connectivity index (χ4v) is 4.70. The molecule has 3 aliphatic rings. The van der Waals surface area contributed by atoms with Crippen molar-refractivity contribution in [3.05, 3.63) is 94.0 Å². The van der Waals surface area contributed by atoms with Gasteiger partial charge in [0.15, 0.2) is 0 Å². The molecule has 0 N–H and O–H groups in total. The Hall–Kier alpha value is -3.12. The average Bonchev–Trinajstić information content (AvgIpc) is 3.47. The van der Waals surface area contributed by atoms with Crippen molar-refractivity contribution in [1.29, 1.82) is 0 Å². The monoisotopic (exact) mass is 360 g/mol.